The lowest BCUT2D eigenvalue weighted by molar-refractivity contribution is -0.173. The highest BCUT2D eigenvalue weighted by Crippen LogP contribution is 2.13. The van der Waals surface area contributed by atoms with Crippen LogP contribution in [0.15, 0.2) is 121 Å². The number of carbonyl (C=O) groups is 2. The van der Waals surface area contributed by atoms with Gasteiger partial charge in [0.25, 0.3) is 0 Å². The number of hydrogen-bond donors (Lipinski definition) is 1. The fourth-order valence-electron chi connectivity index (χ4n) is 4.04. The predicted molar refractivity (Wildman–Crippen MR) is 152 cm³/mol. The molecule has 4 rings (SSSR count). The van der Waals surface area contributed by atoms with Gasteiger partial charge in [0, 0.05) is 12.1 Å². The molecule has 200 valence electrons. The number of amides is 1. The van der Waals surface area contributed by atoms with Gasteiger partial charge in [0.1, 0.15) is 0 Å². The van der Waals surface area contributed by atoms with Gasteiger partial charge in [-0.3, -0.25) is 9.59 Å². The lowest BCUT2D eigenvalue weighted by atomic mass is 10.1. The Morgan fingerprint density at radius 1 is 0.615 bits per heavy atom. The smallest absolute Gasteiger partial charge is 0.237 e. The molecular formula is C33H34N2O4. The van der Waals surface area contributed by atoms with Crippen LogP contribution in [0.4, 0.5) is 0 Å². The quantitative estimate of drug-likeness (QED) is 0.171. The highest BCUT2D eigenvalue weighted by atomic mass is 16.7. The number of nitrogens with one attached hydrogen (secondary N) is 1. The molecule has 4 aromatic carbocycles. The number of Topliss-reactive ketones (excluding diaryl/α,β-unsaturated/α-hetero) is 1. The molecule has 6 nitrogen and oxygen atoms in total. The molecule has 0 spiro atoms. The van der Waals surface area contributed by atoms with Crippen molar-refractivity contribution in [3.8, 4) is 0 Å². The molecule has 0 saturated carbocycles. The van der Waals surface area contributed by atoms with E-state index in [2.05, 4.69) is 5.32 Å². The largest absolute Gasteiger partial charge is 0.346 e. The topological polar surface area (TPSA) is 67.9 Å². The second-order valence-corrected chi connectivity index (χ2v) is 9.18. The van der Waals surface area contributed by atoms with Gasteiger partial charge in [-0.05, 0) is 16.7 Å². The maximum Gasteiger partial charge on any atom is 0.237 e. The molecule has 4 aromatic rings. The van der Waals surface area contributed by atoms with Gasteiger partial charge in [-0.1, -0.05) is 121 Å². The van der Waals surface area contributed by atoms with E-state index in [1.807, 2.05) is 109 Å². The molecule has 0 atom stereocenters. The van der Waals surface area contributed by atoms with Gasteiger partial charge < -0.3 is 19.7 Å². The summed E-state index contributed by atoms with van der Waals surface area (Å²) in [4.78, 5) is 27.6. The predicted octanol–water partition coefficient (Wildman–Crippen LogP) is 5.25. The highest BCUT2D eigenvalue weighted by Gasteiger charge is 2.21. The fraction of sp³-hybridized carbons (Fsp3) is 0.212. The minimum absolute atomic E-state index is 0.0233. The Labute approximate surface area is 230 Å². The summed E-state index contributed by atoms with van der Waals surface area (Å²) >= 11 is 0. The molecule has 0 aromatic heterocycles. The molecule has 0 aliphatic carbocycles. The van der Waals surface area contributed by atoms with Crippen molar-refractivity contribution < 1.29 is 19.1 Å². The number of hydrogen-bond acceptors (Lipinski definition) is 5. The van der Waals surface area contributed by atoms with Crippen molar-refractivity contribution in [3.63, 3.8) is 0 Å². The van der Waals surface area contributed by atoms with Crippen molar-refractivity contribution >= 4 is 11.7 Å². The Balaban J connectivity index is 1.43. The van der Waals surface area contributed by atoms with Crippen LogP contribution in [0, 0.1) is 0 Å². The van der Waals surface area contributed by atoms with Gasteiger partial charge in [0.05, 0.1) is 32.8 Å². The molecule has 0 aliphatic rings. The minimum Gasteiger partial charge on any atom is -0.346 e. The fourth-order valence-corrected chi connectivity index (χ4v) is 4.04. The van der Waals surface area contributed by atoms with E-state index < -0.39 is 6.29 Å². The van der Waals surface area contributed by atoms with Crippen LogP contribution in [0.25, 0.3) is 0 Å². The first-order valence-electron chi connectivity index (χ1n) is 13.1. The SMILES string of the molecule is O=C(CNCC(=O)N(Cc1ccccc1)CC(OCc1ccccc1)OCc1ccccc1)c1ccccc1. The third kappa shape index (κ3) is 9.61. The van der Waals surface area contributed by atoms with E-state index in [9.17, 15) is 9.59 Å². The monoisotopic (exact) mass is 522 g/mol. The van der Waals surface area contributed by atoms with Gasteiger partial charge in [-0.15, -0.1) is 0 Å². The summed E-state index contributed by atoms with van der Waals surface area (Å²) in [5.74, 6) is -0.204. The van der Waals surface area contributed by atoms with Crippen LogP contribution in [0.1, 0.15) is 27.0 Å². The second-order valence-electron chi connectivity index (χ2n) is 9.18. The number of ketones is 1. The molecule has 6 heteroatoms. The molecule has 0 fully saturated rings. The second kappa shape index (κ2) is 15.3. The molecule has 0 heterocycles. The van der Waals surface area contributed by atoms with Crippen molar-refractivity contribution in [3.05, 3.63) is 144 Å². The number of benzene rings is 4. The van der Waals surface area contributed by atoms with Crippen LogP contribution in [0.2, 0.25) is 0 Å². The normalized spacial score (nSPS) is 10.9. The highest BCUT2D eigenvalue weighted by molar-refractivity contribution is 5.97. The van der Waals surface area contributed by atoms with Crippen molar-refractivity contribution in [1.29, 1.82) is 0 Å². The summed E-state index contributed by atoms with van der Waals surface area (Å²) in [6.07, 6.45) is -0.649. The summed E-state index contributed by atoms with van der Waals surface area (Å²) in [5.41, 5.74) is 3.65. The maximum absolute atomic E-state index is 13.4. The zero-order chi connectivity index (χ0) is 27.1. The van der Waals surface area contributed by atoms with Crippen LogP contribution in [0.3, 0.4) is 0 Å². The number of ether oxygens (including phenoxy) is 2. The Morgan fingerprint density at radius 2 is 1.08 bits per heavy atom. The zero-order valence-corrected chi connectivity index (χ0v) is 21.9. The number of carbonyl (C=O) groups excluding carboxylic acids is 2. The van der Waals surface area contributed by atoms with E-state index in [4.69, 9.17) is 9.47 Å². The van der Waals surface area contributed by atoms with E-state index >= 15 is 0 Å². The van der Waals surface area contributed by atoms with E-state index in [1.165, 1.54) is 0 Å². The lowest BCUT2D eigenvalue weighted by Crippen LogP contribution is -2.44. The molecule has 0 unspecified atom stereocenters. The van der Waals surface area contributed by atoms with Crippen LogP contribution in [0.5, 0.6) is 0 Å². The minimum atomic E-state index is -0.649. The Kier molecular flexibility index (Phi) is 11.0. The van der Waals surface area contributed by atoms with Gasteiger partial charge >= 0.3 is 0 Å². The molecule has 39 heavy (non-hydrogen) atoms. The molecular weight excluding hydrogens is 488 g/mol. The van der Waals surface area contributed by atoms with Crippen molar-refractivity contribution in [2.24, 2.45) is 0 Å². The van der Waals surface area contributed by atoms with Gasteiger partial charge in [-0.2, -0.15) is 0 Å². The molecule has 0 aliphatic heterocycles. The van der Waals surface area contributed by atoms with E-state index in [1.54, 1.807) is 17.0 Å². The van der Waals surface area contributed by atoms with E-state index in [0.717, 1.165) is 16.7 Å². The summed E-state index contributed by atoms with van der Waals surface area (Å²) in [5, 5.41) is 3.02. The molecule has 0 saturated heterocycles. The zero-order valence-electron chi connectivity index (χ0n) is 21.9. The summed E-state index contributed by atoms with van der Waals surface area (Å²) in [6, 6.07) is 38.6. The first-order valence-corrected chi connectivity index (χ1v) is 13.1. The van der Waals surface area contributed by atoms with Gasteiger partial charge in [0.2, 0.25) is 5.91 Å². The summed E-state index contributed by atoms with van der Waals surface area (Å²) in [6.45, 7) is 1.45. The van der Waals surface area contributed by atoms with E-state index in [0.29, 0.717) is 25.3 Å². The number of nitrogens with zero attached hydrogens (tertiary/aromatic N) is 1. The Bertz CT molecular complexity index is 1220. The maximum atomic E-state index is 13.4. The Hall–Kier alpha value is -4.10. The third-order valence-electron chi connectivity index (χ3n) is 6.15. The summed E-state index contributed by atoms with van der Waals surface area (Å²) in [7, 11) is 0. The van der Waals surface area contributed by atoms with Crippen LogP contribution < -0.4 is 5.32 Å². The van der Waals surface area contributed by atoms with Crippen LogP contribution in [-0.4, -0.2) is 42.5 Å². The van der Waals surface area contributed by atoms with Gasteiger partial charge in [-0.25, -0.2) is 0 Å². The number of rotatable bonds is 15. The third-order valence-corrected chi connectivity index (χ3v) is 6.15. The molecule has 1 amide bonds. The first kappa shape index (κ1) is 27.9. The van der Waals surface area contributed by atoms with Crippen LogP contribution >= 0.6 is 0 Å². The average molecular weight is 523 g/mol. The molecule has 1 N–H and O–H groups in total. The first-order chi connectivity index (χ1) is 19.2. The lowest BCUT2D eigenvalue weighted by Gasteiger charge is -2.28. The Morgan fingerprint density at radius 3 is 1.59 bits per heavy atom. The van der Waals surface area contributed by atoms with Crippen LogP contribution in [-0.2, 0) is 34.0 Å². The van der Waals surface area contributed by atoms with E-state index in [-0.39, 0.29) is 31.3 Å². The van der Waals surface area contributed by atoms with Crippen molar-refractivity contribution in [2.75, 3.05) is 19.6 Å². The van der Waals surface area contributed by atoms with Gasteiger partial charge in [0.15, 0.2) is 12.1 Å². The van der Waals surface area contributed by atoms with Crippen molar-refractivity contribution in [1.82, 2.24) is 10.2 Å². The summed E-state index contributed by atoms with van der Waals surface area (Å²) < 4.78 is 12.4. The molecule has 0 bridgehead atoms. The van der Waals surface area contributed by atoms with Crippen molar-refractivity contribution in [2.45, 2.75) is 26.0 Å². The standard InChI is InChI=1S/C33H34N2O4/c36-31(30-19-11-4-12-20-30)21-34-22-32(37)35(23-27-13-5-1-6-14-27)24-33(38-25-28-15-7-2-8-16-28)39-26-29-17-9-3-10-18-29/h1-20,33-34H,21-26H2. The average Bonchev–Trinajstić information content (AvgIpc) is 3.00. The molecule has 0 radical (unpaired) electrons.